The average molecular weight is 374 g/mol. The van der Waals surface area contributed by atoms with Gasteiger partial charge in [-0.3, -0.25) is 9.47 Å². The highest BCUT2D eigenvalue weighted by atomic mass is 19.4. The molecule has 2 rings (SSSR count). The van der Waals surface area contributed by atoms with Gasteiger partial charge in [-0.05, 0) is 0 Å². The molecule has 0 N–H and O–H groups in total. The lowest BCUT2D eigenvalue weighted by molar-refractivity contribution is -0.522. The van der Waals surface area contributed by atoms with Crippen molar-refractivity contribution in [2.75, 3.05) is 0 Å². The molecule has 2 atom stereocenters. The zero-order valence-electron chi connectivity index (χ0n) is 9.97. The second kappa shape index (κ2) is 4.17. The first-order chi connectivity index (χ1) is 9.83. The Morgan fingerprint density at radius 3 is 1.48 bits per heavy atom. The van der Waals surface area contributed by atoms with Crippen LogP contribution in [-0.2, 0) is 14.2 Å². The van der Waals surface area contributed by atoms with Gasteiger partial charge in [-0.2, -0.15) is 52.7 Å². The first-order valence-corrected chi connectivity index (χ1v) is 5.20. The molecule has 23 heavy (non-hydrogen) atoms. The zero-order chi connectivity index (χ0) is 18.3. The van der Waals surface area contributed by atoms with Gasteiger partial charge in [-0.1, -0.05) is 0 Å². The van der Waals surface area contributed by atoms with Gasteiger partial charge in [0.15, 0.2) is 0 Å². The summed E-state index contributed by atoms with van der Waals surface area (Å²) in [7, 11) is 0. The highest BCUT2D eigenvalue weighted by Gasteiger charge is 2.89. The molecule has 0 aromatic heterocycles. The molecule has 0 aromatic carbocycles. The Kier molecular flexibility index (Phi) is 3.33. The van der Waals surface area contributed by atoms with Crippen LogP contribution in [0.25, 0.3) is 0 Å². The van der Waals surface area contributed by atoms with Crippen molar-refractivity contribution in [1.82, 2.24) is 0 Å². The van der Waals surface area contributed by atoms with Crippen molar-refractivity contribution in [2.45, 2.75) is 48.5 Å². The van der Waals surface area contributed by atoms with E-state index in [2.05, 4.69) is 14.2 Å². The molecule has 0 aromatic rings. The Bertz CT molecular complexity index is 493. The summed E-state index contributed by atoms with van der Waals surface area (Å²) in [5.41, 5.74) is 0. The third-order valence-corrected chi connectivity index (χ3v) is 2.91. The number of hydrogen-bond donors (Lipinski definition) is 0. The number of rotatable bonds is 0. The molecule has 2 fully saturated rings. The highest BCUT2D eigenvalue weighted by Crippen LogP contribution is 2.64. The molecule has 0 saturated carbocycles. The molecule has 3 nitrogen and oxygen atoms in total. The number of alkyl halides is 12. The van der Waals surface area contributed by atoms with Crippen molar-refractivity contribution >= 4 is 0 Å². The van der Waals surface area contributed by atoms with Crippen molar-refractivity contribution in [2.24, 2.45) is 0 Å². The van der Waals surface area contributed by atoms with Gasteiger partial charge in [0.2, 0.25) is 0 Å². The molecular formula is C8H2F12O3. The van der Waals surface area contributed by atoms with Gasteiger partial charge in [-0.25, -0.2) is 4.74 Å². The summed E-state index contributed by atoms with van der Waals surface area (Å²) in [5, 5.41) is 0. The summed E-state index contributed by atoms with van der Waals surface area (Å²) in [5.74, 6) is -17.6. The molecule has 0 amide bonds. The van der Waals surface area contributed by atoms with Crippen molar-refractivity contribution in [1.29, 1.82) is 0 Å². The van der Waals surface area contributed by atoms with Crippen LogP contribution in [-0.4, -0.2) is 42.1 Å². The summed E-state index contributed by atoms with van der Waals surface area (Å²) >= 11 is 0. The molecule has 2 heterocycles. The van der Waals surface area contributed by atoms with E-state index < -0.39 is 48.5 Å². The van der Waals surface area contributed by atoms with E-state index >= 15 is 0 Å². The van der Waals surface area contributed by atoms with Crippen LogP contribution in [0.3, 0.4) is 0 Å². The van der Waals surface area contributed by atoms with E-state index in [1.807, 2.05) is 0 Å². The number of halogens is 12. The fourth-order valence-corrected chi connectivity index (χ4v) is 1.79. The van der Waals surface area contributed by atoms with Crippen LogP contribution in [0.5, 0.6) is 0 Å². The first kappa shape index (κ1) is 18.4. The third-order valence-electron chi connectivity index (χ3n) is 2.91. The predicted octanol–water partition coefficient (Wildman–Crippen LogP) is 3.79. The minimum Gasteiger partial charge on any atom is -0.274 e. The van der Waals surface area contributed by atoms with Gasteiger partial charge in [0.05, 0.1) is 6.42 Å². The summed E-state index contributed by atoms with van der Waals surface area (Å²) in [6, 6.07) is -5.84. The van der Waals surface area contributed by atoms with Gasteiger partial charge < -0.3 is 0 Å². The zero-order valence-corrected chi connectivity index (χ0v) is 9.97. The fourth-order valence-electron chi connectivity index (χ4n) is 1.79. The van der Waals surface area contributed by atoms with Crippen LogP contribution >= 0.6 is 0 Å². The third kappa shape index (κ3) is 2.19. The maximum Gasteiger partial charge on any atom is 0.478 e. The molecule has 0 radical (unpaired) electrons. The molecule has 0 aliphatic carbocycles. The average Bonchev–Trinajstić information content (AvgIpc) is 2.41. The van der Waals surface area contributed by atoms with Crippen LogP contribution in [0, 0.1) is 0 Å². The molecule has 136 valence electrons. The summed E-state index contributed by atoms with van der Waals surface area (Å²) < 4.78 is 162. The SMILES string of the molecule is FC(F)(F)C1(F)OC(F)(F)C2(CC(F)(F)C(F)(F)C(F)(F)O2)O1. The predicted molar refractivity (Wildman–Crippen MR) is 40.3 cm³/mol. The van der Waals surface area contributed by atoms with E-state index in [1.165, 1.54) is 0 Å². The lowest BCUT2D eigenvalue weighted by atomic mass is 9.96. The highest BCUT2D eigenvalue weighted by molar-refractivity contribution is 5.06. The minimum absolute atomic E-state index is 2.47. The Morgan fingerprint density at radius 2 is 1.13 bits per heavy atom. The van der Waals surface area contributed by atoms with E-state index in [4.69, 9.17) is 0 Å². The van der Waals surface area contributed by atoms with E-state index in [-0.39, 0.29) is 0 Å². The summed E-state index contributed by atoms with van der Waals surface area (Å²) in [6.45, 7) is 0. The van der Waals surface area contributed by atoms with Crippen molar-refractivity contribution in [3.05, 3.63) is 0 Å². The first-order valence-electron chi connectivity index (χ1n) is 5.20. The van der Waals surface area contributed by atoms with Crippen molar-refractivity contribution < 1.29 is 66.9 Å². The van der Waals surface area contributed by atoms with Crippen molar-refractivity contribution in [3.8, 4) is 0 Å². The number of hydrogen-bond acceptors (Lipinski definition) is 3. The lowest BCUT2D eigenvalue weighted by Crippen LogP contribution is -2.69. The standard InChI is InChI=1S/C8H2F12O3/c9-2(10)1-3(21-7(18,19)4(2,11)12)6(16,17)23-8(20,22-3)5(13,14)15/h1H2. The van der Waals surface area contributed by atoms with E-state index in [1.54, 1.807) is 0 Å². The van der Waals surface area contributed by atoms with Crippen molar-refractivity contribution in [3.63, 3.8) is 0 Å². The van der Waals surface area contributed by atoms with E-state index in [0.717, 1.165) is 0 Å². The Labute approximate surface area is 117 Å². The van der Waals surface area contributed by atoms with E-state index in [9.17, 15) is 52.7 Å². The van der Waals surface area contributed by atoms with Gasteiger partial charge in [0.25, 0.3) is 5.79 Å². The molecule has 2 aliphatic rings. The quantitative estimate of drug-likeness (QED) is 0.604. The number of ether oxygens (including phenoxy) is 3. The van der Waals surface area contributed by atoms with E-state index in [0.29, 0.717) is 0 Å². The van der Waals surface area contributed by atoms with Gasteiger partial charge in [0.1, 0.15) is 0 Å². The topological polar surface area (TPSA) is 27.7 Å². The van der Waals surface area contributed by atoms with Crippen LogP contribution in [0.1, 0.15) is 6.42 Å². The van der Waals surface area contributed by atoms with Gasteiger partial charge >= 0.3 is 36.3 Å². The van der Waals surface area contributed by atoms with Gasteiger partial charge in [0, 0.05) is 0 Å². The molecule has 0 bridgehead atoms. The largest absolute Gasteiger partial charge is 0.478 e. The molecule has 2 aliphatic heterocycles. The maximum atomic E-state index is 13.3. The molecule has 2 saturated heterocycles. The van der Waals surface area contributed by atoms with Crippen LogP contribution < -0.4 is 0 Å². The minimum atomic E-state index is -6.46. The summed E-state index contributed by atoms with van der Waals surface area (Å²) in [6.07, 6.45) is -22.0. The normalized spacial score (nSPS) is 41.2. The van der Waals surface area contributed by atoms with Crippen LogP contribution in [0.15, 0.2) is 0 Å². The molecule has 1 spiro atoms. The summed E-state index contributed by atoms with van der Waals surface area (Å²) in [4.78, 5) is 0. The smallest absolute Gasteiger partial charge is 0.274 e. The molecule has 15 heteroatoms. The Balaban J connectivity index is 2.55. The van der Waals surface area contributed by atoms with Crippen LogP contribution in [0.2, 0.25) is 0 Å². The molecule has 2 unspecified atom stereocenters. The monoisotopic (exact) mass is 374 g/mol. The second-order valence-electron chi connectivity index (χ2n) is 4.58. The molecular weight excluding hydrogens is 372 g/mol. The Morgan fingerprint density at radius 1 is 0.652 bits per heavy atom. The maximum absolute atomic E-state index is 13.3. The fraction of sp³-hybridized carbons (Fsp3) is 1.00. The lowest BCUT2D eigenvalue weighted by Gasteiger charge is -2.45. The van der Waals surface area contributed by atoms with Crippen LogP contribution in [0.4, 0.5) is 52.7 Å². The second-order valence-corrected chi connectivity index (χ2v) is 4.58. The van der Waals surface area contributed by atoms with Gasteiger partial charge in [-0.15, -0.1) is 0 Å². The Hall–Kier alpha value is -0.960.